The largest absolute Gasteiger partial charge is 0.322 e. The number of nitrogens with zero attached hydrogens (tertiary/aromatic N) is 1. The highest BCUT2D eigenvalue weighted by atomic mass is 35.5. The van der Waals surface area contributed by atoms with Gasteiger partial charge < -0.3 is 5.32 Å². The third kappa shape index (κ3) is 4.50. The molecule has 3 aromatic carbocycles. The molecule has 3 aromatic rings. The molecular weight excluding hydrogens is 420 g/mol. The molecule has 7 heteroatoms. The van der Waals surface area contributed by atoms with E-state index in [2.05, 4.69) is 5.32 Å². The van der Waals surface area contributed by atoms with Crippen molar-refractivity contribution >= 4 is 38.9 Å². The van der Waals surface area contributed by atoms with Gasteiger partial charge in [0.25, 0.3) is 15.9 Å². The summed E-state index contributed by atoms with van der Waals surface area (Å²) in [5.41, 5.74) is 4.19. The predicted molar refractivity (Wildman–Crippen MR) is 122 cm³/mol. The Labute approximate surface area is 182 Å². The zero-order valence-electron chi connectivity index (χ0n) is 17.2. The number of nitrogens with one attached hydrogen (secondary N) is 1. The fraction of sp³-hybridized carbons (Fsp3) is 0.174. The quantitative estimate of drug-likeness (QED) is 0.579. The third-order valence-corrected chi connectivity index (χ3v) is 7.00. The summed E-state index contributed by atoms with van der Waals surface area (Å²) < 4.78 is 27.1. The van der Waals surface area contributed by atoms with Gasteiger partial charge in [-0.15, -0.1) is 0 Å². The fourth-order valence-electron chi connectivity index (χ4n) is 3.03. The number of rotatable bonds is 5. The van der Waals surface area contributed by atoms with E-state index in [9.17, 15) is 13.2 Å². The third-order valence-electron chi connectivity index (χ3n) is 4.87. The Morgan fingerprint density at radius 1 is 0.900 bits per heavy atom. The number of hydrogen-bond acceptors (Lipinski definition) is 3. The maximum Gasteiger partial charge on any atom is 0.264 e. The van der Waals surface area contributed by atoms with Crippen LogP contribution in [-0.4, -0.2) is 21.4 Å². The fourth-order valence-corrected chi connectivity index (χ4v) is 4.42. The molecule has 1 amide bonds. The number of benzene rings is 3. The molecule has 156 valence electrons. The summed E-state index contributed by atoms with van der Waals surface area (Å²) in [6, 6.07) is 16.9. The number of anilines is 2. The number of hydrogen-bond donors (Lipinski definition) is 1. The predicted octanol–water partition coefficient (Wildman–Crippen LogP) is 5.34. The Morgan fingerprint density at radius 3 is 2.17 bits per heavy atom. The molecule has 0 atom stereocenters. The van der Waals surface area contributed by atoms with Crippen molar-refractivity contribution in [1.29, 1.82) is 0 Å². The normalized spacial score (nSPS) is 11.2. The molecule has 0 bridgehead atoms. The van der Waals surface area contributed by atoms with Gasteiger partial charge in [0.15, 0.2) is 0 Å². The monoisotopic (exact) mass is 442 g/mol. The number of carbonyl (C=O) groups is 1. The lowest BCUT2D eigenvalue weighted by Crippen LogP contribution is -2.27. The molecule has 0 aliphatic heterocycles. The first-order valence-electron chi connectivity index (χ1n) is 9.33. The highest BCUT2D eigenvalue weighted by molar-refractivity contribution is 7.92. The summed E-state index contributed by atoms with van der Waals surface area (Å²) in [5, 5.41) is 3.08. The molecule has 0 fully saturated rings. The van der Waals surface area contributed by atoms with E-state index in [1.54, 1.807) is 30.3 Å². The van der Waals surface area contributed by atoms with Crippen molar-refractivity contribution in [1.82, 2.24) is 0 Å². The lowest BCUT2D eigenvalue weighted by atomic mass is 10.1. The Morgan fingerprint density at radius 2 is 1.53 bits per heavy atom. The minimum atomic E-state index is -3.78. The number of sulfonamides is 1. The van der Waals surface area contributed by atoms with E-state index in [1.807, 2.05) is 39.0 Å². The summed E-state index contributed by atoms with van der Waals surface area (Å²) >= 11 is 6.25. The summed E-state index contributed by atoms with van der Waals surface area (Å²) in [7, 11) is -2.33. The number of carbonyl (C=O) groups excluding carboxylic acids is 1. The minimum absolute atomic E-state index is 0.173. The summed E-state index contributed by atoms with van der Waals surface area (Å²) in [6.45, 7) is 5.77. The lowest BCUT2D eigenvalue weighted by molar-refractivity contribution is 0.102. The summed E-state index contributed by atoms with van der Waals surface area (Å²) in [5.74, 6) is -0.407. The van der Waals surface area contributed by atoms with E-state index in [0.717, 1.165) is 21.0 Å². The first kappa shape index (κ1) is 21.9. The SMILES string of the molecule is Cc1ccc(S(=O)(=O)N(C)c2ccc(Cl)c(C(=O)Nc3ccc(C)cc3C)c2)cc1. The highest BCUT2D eigenvalue weighted by Gasteiger charge is 2.23. The zero-order valence-corrected chi connectivity index (χ0v) is 18.8. The van der Waals surface area contributed by atoms with Crippen molar-refractivity contribution < 1.29 is 13.2 Å². The van der Waals surface area contributed by atoms with Crippen LogP contribution in [0, 0.1) is 20.8 Å². The molecule has 0 radical (unpaired) electrons. The molecule has 30 heavy (non-hydrogen) atoms. The van der Waals surface area contributed by atoms with Crippen LogP contribution >= 0.6 is 11.6 Å². The van der Waals surface area contributed by atoms with Gasteiger partial charge in [0, 0.05) is 12.7 Å². The van der Waals surface area contributed by atoms with Gasteiger partial charge in [-0.05, 0) is 62.7 Å². The Bertz CT molecular complexity index is 1210. The van der Waals surface area contributed by atoms with Crippen LogP contribution in [0.4, 0.5) is 11.4 Å². The summed E-state index contributed by atoms with van der Waals surface area (Å²) in [6.07, 6.45) is 0. The van der Waals surface area contributed by atoms with Crippen molar-refractivity contribution in [2.45, 2.75) is 25.7 Å². The van der Waals surface area contributed by atoms with Gasteiger partial charge in [-0.1, -0.05) is 47.0 Å². The standard InChI is InChI=1S/C23H23ClN2O3S/c1-15-5-9-19(10-6-15)30(28,29)26(4)18-8-11-21(24)20(14-18)23(27)25-22-12-7-16(2)13-17(22)3/h5-14H,1-4H3,(H,25,27). The second kappa shape index (κ2) is 8.50. The van der Waals surface area contributed by atoms with E-state index in [-0.39, 0.29) is 15.5 Å². The number of amides is 1. The first-order chi connectivity index (χ1) is 14.1. The van der Waals surface area contributed by atoms with Crippen LogP contribution < -0.4 is 9.62 Å². The maximum absolute atomic E-state index is 13.0. The molecule has 0 spiro atoms. The van der Waals surface area contributed by atoms with Crippen LogP contribution in [-0.2, 0) is 10.0 Å². The van der Waals surface area contributed by atoms with E-state index in [0.29, 0.717) is 11.4 Å². The van der Waals surface area contributed by atoms with Crippen molar-refractivity contribution in [3.63, 3.8) is 0 Å². The van der Waals surface area contributed by atoms with Crippen molar-refractivity contribution in [3.8, 4) is 0 Å². The van der Waals surface area contributed by atoms with Gasteiger partial charge in [-0.3, -0.25) is 9.10 Å². The molecule has 0 saturated heterocycles. The van der Waals surface area contributed by atoms with Gasteiger partial charge >= 0.3 is 0 Å². The van der Waals surface area contributed by atoms with Crippen molar-refractivity contribution in [3.05, 3.63) is 87.9 Å². The molecule has 5 nitrogen and oxygen atoms in total. The molecule has 0 aliphatic rings. The van der Waals surface area contributed by atoms with E-state index < -0.39 is 15.9 Å². The average molecular weight is 443 g/mol. The zero-order chi connectivity index (χ0) is 22.1. The van der Waals surface area contributed by atoms with Gasteiger partial charge in [0.2, 0.25) is 0 Å². The molecule has 0 unspecified atom stereocenters. The smallest absolute Gasteiger partial charge is 0.264 e. The van der Waals surface area contributed by atoms with Gasteiger partial charge in [-0.2, -0.15) is 0 Å². The highest BCUT2D eigenvalue weighted by Crippen LogP contribution is 2.28. The Kier molecular flexibility index (Phi) is 6.19. The Hall–Kier alpha value is -2.83. The minimum Gasteiger partial charge on any atom is -0.322 e. The molecule has 0 saturated carbocycles. The molecule has 3 rings (SSSR count). The van der Waals surface area contributed by atoms with Crippen LogP contribution in [0.5, 0.6) is 0 Å². The molecular formula is C23H23ClN2O3S. The summed E-state index contributed by atoms with van der Waals surface area (Å²) in [4.78, 5) is 13.0. The van der Waals surface area contributed by atoms with Gasteiger partial charge in [0.05, 0.1) is 21.2 Å². The Balaban J connectivity index is 1.92. The number of halogens is 1. The topological polar surface area (TPSA) is 66.5 Å². The second-order valence-corrected chi connectivity index (χ2v) is 9.60. The van der Waals surface area contributed by atoms with E-state index in [4.69, 9.17) is 11.6 Å². The van der Waals surface area contributed by atoms with Crippen LogP contribution in [0.25, 0.3) is 0 Å². The van der Waals surface area contributed by atoms with Crippen molar-refractivity contribution in [2.24, 2.45) is 0 Å². The lowest BCUT2D eigenvalue weighted by Gasteiger charge is -2.21. The molecule has 1 N–H and O–H groups in total. The second-order valence-electron chi connectivity index (χ2n) is 7.22. The first-order valence-corrected chi connectivity index (χ1v) is 11.1. The van der Waals surface area contributed by atoms with Gasteiger partial charge in [0.1, 0.15) is 0 Å². The molecule has 0 heterocycles. The number of aryl methyl sites for hydroxylation is 3. The van der Waals surface area contributed by atoms with Crippen LogP contribution in [0.3, 0.4) is 0 Å². The van der Waals surface area contributed by atoms with E-state index in [1.165, 1.54) is 19.2 Å². The molecule has 0 aromatic heterocycles. The van der Waals surface area contributed by atoms with Crippen LogP contribution in [0.1, 0.15) is 27.0 Å². The average Bonchev–Trinajstić information content (AvgIpc) is 2.70. The van der Waals surface area contributed by atoms with Gasteiger partial charge in [-0.25, -0.2) is 8.42 Å². The maximum atomic E-state index is 13.0. The molecule has 0 aliphatic carbocycles. The van der Waals surface area contributed by atoms with E-state index >= 15 is 0 Å². The van der Waals surface area contributed by atoms with Crippen LogP contribution in [0.15, 0.2) is 65.6 Å². The van der Waals surface area contributed by atoms with Crippen molar-refractivity contribution in [2.75, 3.05) is 16.7 Å². The van der Waals surface area contributed by atoms with Crippen LogP contribution in [0.2, 0.25) is 5.02 Å².